The van der Waals surface area contributed by atoms with Gasteiger partial charge in [-0.05, 0) is 36.4 Å². The molecule has 1 amide bonds. The second-order valence-corrected chi connectivity index (χ2v) is 6.96. The van der Waals surface area contributed by atoms with Gasteiger partial charge >= 0.3 is 0 Å². The molecule has 0 unspecified atom stereocenters. The van der Waals surface area contributed by atoms with Crippen LogP contribution in [-0.4, -0.2) is 56.7 Å². The molecule has 1 saturated heterocycles. The second-order valence-electron chi connectivity index (χ2n) is 6.96. The van der Waals surface area contributed by atoms with Crippen LogP contribution in [-0.2, 0) is 13.6 Å². The topological polar surface area (TPSA) is 54.3 Å². The van der Waals surface area contributed by atoms with E-state index in [2.05, 4.69) is 21.0 Å². The first kappa shape index (κ1) is 18.3. The Morgan fingerprint density at radius 3 is 2.64 bits per heavy atom. The lowest BCUT2D eigenvalue weighted by molar-refractivity contribution is 0.0625. The molecule has 7 heteroatoms. The van der Waals surface area contributed by atoms with E-state index in [4.69, 9.17) is 0 Å². The van der Waals surface area contributed by atoms with Crippen LogP contribution in [0.3, 0.4) is 0 Å². The molecule has 3 aromatic rings. The quantitative estimate of drug-likeness (QED) is 0.699. The summed E-state index contributed by atoms with van der Waals surface area (Å²) < 4.78 is 15.3. The number of nitrogens with zero attached hydrogens (tertiary/aromatic N) is 5. The molecular formula is C21H22FN5O. The standard InChI is InChI=1S/C21H22FN5O/c1-25-19(13-20(24-25)17-5-3-7-23-14-17)15-26-8-10-27(11-9-26)21(28)16-4-2-6-18(22)12-16/h2-7,12-14H,8-11,15H2,1H3. The Labute approximate surface area is 163 Å². The number of piperazine rings is 1. The maximum Gasteiger partial charge on any atom is 0.254 e. The molecule has 6 nitrogen and oxygen atoms in total. The fourth-order valence-electron chi connectivity index (χ4n) is 3.45. The molecule has 0 saturated carbocycles. The zero-order valence-electron chi connectivity index (χ0n) is 15.8. The Bertz CT molecular complexity index is 964. The molecule has 144 valence electrons. The summed E-state index contributed by atoms with van der Waals surface area (Å²) in [6.45, 7) is 3.57. The highest BCUT2D eigenvalue weighted by Gasteiger charge is 2.23. The van der Waals surface area contributed by atoms with Crippen LogP contribution >= 0.6 is 0 Å². The molecule has 0 N–H and O–H groups in total. The van der Waals surface area contributed by atoms with Crippen LogP contribution in [0.15, 0.2) is 54.9 Å². The maximum atomic E-state index is 13.4. The number of rotatable bonds is 4. The number of carbonyl (C=O) groups excluding carboxylic acids is 1. The summed E-state index contributed by atoms with van der Waals surface area (Å²) in [6, 6.07) is 11.9. The lowest BCUT2D eigenvalue weighted by atomic mass is 10.1. The summed E-state index contributed by atoms with van der Waals surface area (Å²) in [4.78, 5) is 20.8. The zero-order chi connectivity index (χ0) is 19.5. The average Bonchev–Trinajstić information content (AvgIpc) is 3.09. The summed E-state index contributed by atoms with van der Waals surface area (Å²) in [6.07, 6.45) is 3.56. The first-order valence-electron chi connectivity index (χ1n) is 9.30. The zero-order valence-corrected chi connectivity index (χ0v) is 15.8. The predicted octanol–water partition coefficient (Wildman–Crippen LogP) is 2.58. The predicted molar refractivity (Wildman–Crippen MR) is 104 cm³/mol. The molecule has 1 aromatic carbocycles. The third-order valence-corrected chi connectivity index (χ3v) is 5.05. The van der Waals surface area contributed by atoms with Gasteiger partial charge in [0.2, 0.25) is 0 Å². The highest BCUT2D eigenvalue weighted by Crippen LogP contribution is 2.19. The van der Waals surface area contributed by atoms with Crippen LogP contribution < -0.4 is 0 Å². The molecule has 3 heterocycles. The van der Waals surface area contributed by atoms with E-state index in [1.54, 1.807) is 23.2 Å². The highest BCUT2D eigenvalue weighted by atomic mass is 19.1. The highest BCUT2D eigenvalue weighted by molar-refractivity contribution is 5.94. The van der Waals surface area contributed by atoms with E-state index in [0.29, 0.717) is 18.7 Å². The van der Waals surface area contributed by atoms with Crippen molar-refractivity contribution in [1.82, 2.24) is 24.6 Å². The minimum atomic E-state index is -0.384. The third-order valence-electron chi connectivity index (χ3n) is 5.05. The van der Waals surface area contributed by atoms with Gasteiger partial charge in [-0.2, -0.15) is 5.10 Å². The molecule has 1 fully saturated rings. The number of pyridine rings is 1. The van der Waals surface area contributed by atoms with Crippen molar-refractivity contribution in [1.29, 1.82) is 0 Å². The van der Waals surface area contributed by atoms with E-state index >= 15 is 0 Å². The second kappa shape index (κ2) is 7.90. The van der Waals surface area contributed by atoms with Gasteiger partial charge in [0.05, 0.1) is 11.4 Å². The molecule has 0 radical (unpaired) electrons. The molecule has 0 bridgehead atoms. The van der Waals surface area contributed by atoms with Crippen LogP contribution in [0.4, 0.5) is 4.39 Å². The Morgan fingerprint density at radius 1 is 1.11 bits per heavy atom. The number of aryl methyl sites for hydroxylation is 1. The van der Waals surface area contributed by atoms with Gasteiger partial charge in [-0.25, -0.2) is 4.39 Å². The van der Waals surface area contributed by atoms with Gasteiger partial charge in [0.1, 0.15) is 5.82 Å². The fourth-order valence-corrected chi connectivity index (χ4v) is 3.45. The van der Waals surface area contributed by atoms with E-state index in [-0.39, 0.29) is 11.7 Å². The van der Waals surface area contributed by atoms with Crippen LogP contribution in [0.25, 0.3) is 11.3 Å². The van der Waals surface area contributed by atoms with Gasteiger partial charge in [0.15, 0.2) is 0 Å². The molecule has 0 atom stereocenters. The lowest BCUT2D eigenvalue weighted by Gasteiger charge is -2.34. The molecule has 1 aliphatic rings. The molecule has 4 rings (SSSR count). The number of hydrogen-bond donors (Lipinski definition) is 0. The lowest BCUT2D eigenvalue weighted by Crippen LogP contribution is -2.48. The summed E-state index contributed by atoms with van der Waals surface area (Å²) >= 11 is 0. The molecule has 0 aliphatic carbocycles. The summed E-state index contributed by atoms with van der Waals surface area (Å²) in [5, 5.41) is 4.59. The Kier molecular flexibility index (Phi) is 5.16. The van der Waals surface area contributed by atoms with Gasteiger partial charge in [-0.15, -0.1) is 0 Å². The Morgan fingerprint density at radius 2 is 1.93 bits per heavy atom. The van der Waals surface area contributed by atoms with Crippen molar-refractivity contribution in [3.05, 3.63) is 71.9 Å². The van der Waals surface area contributed by atoms with E-state index in [0.717, 1.165) is 36.6 Å². The van der Waals surface area contributed by atoms with E-state index in [1.807, 2.05) is 30.1 Å². The first-order chi connectivity index (χ1) is 13.6. The minimum absolute atomic E-state index is 0.112. The number of carbonyl (C=O) groups is 1. The summed E-state index contributed by atoms with van der Waals surface area (Å²) in [5.41, 5.74) is 3.42. The van der Waals surface area contributed by atoms with Gasteiger partial charge in [0, 0.05) is 63.3 Å². The van der Waals surface area contributed by atoms with Gasteiger partial charge in [0.25, 0.3) is 5.91 Å². The number of amides is 1. The number of halogens is 1. The Balaban J connectivity index is 1.37. The van der Waals surface area contributed by atoms with Crippen molar-refractivity contribution in [2.45, 2.75) is 6.54 Å². The molecule has 2 aromatic heterocycles. The Hall–Kier alpha value is -3.06. The van der Waals surface area contributed by atoms with Crippen molar-refractivity contribution in [2.75, 3.05) is 26.2 Å². The van der Waals surface area contributed by atoms with Crippen LogP contribution in [0.5, 0.6) is 0 Å². The largest absolute Gasteiger partial charge is 0.336 e. The van der Waals surface area contributed by atoms with Crippen LogP contribution in [0.2, 0.25) is 0 Å². The number of hydrogen-bond acceptors (Lipinski definition) is 4. The molecular weight excluding hydrogens is 357 g/mol. The summed E-state index contributed by atoms with van der Waals surface area (Å²) in [7, 11) is 1.94. The van der Waals surface area contributed by atoms with Crippen LogP contribution in [0, 0.1) is 5.82 Å². The normalized spacial score (nSPS) is 15.0. The number of benzene rings is 1. The minimum Gasteiger partial charge on any atom is -0.336 e. The third kappa shape index (κ3) is 3.94. The molecule has 1 aliphatic heterocycles. The van der Waals surface area contributed by atoms with Crippen molar-refractivity contribution in [3.8, 4) is 11.3 Å². The van der Waals surface area contributed by atoms with E-state index < -0.39 is 0 Å². The monoisotopic (exact) mass is 379 g/mol. The average molecular weight is 379 g/mol. The fraction of sp³-hybridized carbons (Fsp3) is 0.286. The SMILES string of the molecule is Cn1nc(-c2cccnc2)cc1CN1CCN(C(=O)c2cccc(F)c2)CC1. The molecule has 28 heavy (non-hydrogen) atoms. The van der Waals surface area contributed by atoms with E-state index in [9.17, 15) is 9.18 Å². The maximum absolute atomic E-state index is 13.4. The molecule has 0 spiro atoms. The van der Waals surface area contributed by atoms with Crippen LogP contribution in [0.1, 0.15) is 16.1 Å². The van der Waals surface area contributed by atoms with E-state index in [1.165, 1.54) is 12.1 Å². The van der Waals surface area contributed by atoms with Crippen molar-refractivity contribution < 1.29 is 9.18 Å². The van der Waals surface area contributed by atoms with Gasteiger partial charge < -0.3 is 4.90 Å². The first-order valence-corrected chi connectivity index (χ1v) is 9.30. The van der Waals surface area contributed by atoms with Crippen molar-refractivity contribution >= 4 is 5.91 Å². The smallest absolute Gasteiger partial charge is 0.254 e. The van der Waals surface area contributed by atoms with Crippen molar-refractivity contribution in [2.24, 2.45) is 7.05 Å². The number of aromatic nitrogens is 3. The summed E-state index contributed by atoms with van der Waals surface area (Å²) in [5.74, 6) is -0.497. The van der Waals surface area contributed by atoms with Gasteiger partial charge in [-0.3, -0.25) is 19.4 Å². The van der Waals surface area contributed by atoms with Gasteiger partial charge in [-0.1, -0.05) is 6.07 Å². The van der Waals surface area contributed by atoms with Crippen molar-refractivity contribution in [3.63, 3.8) is 0 Å².